The Kier molecular flexibility index (Phi) is 9.12. The summed E-state index contributed by atoms with van der Waals surface area (Å²) in [6.45, 7) is 4.71. The second kappa shape index (κ2) is 11.7. The maximum Gasteiger partial charge on any atom is 0.326 e. The molecule has 2 atom stereocenters. The number of hydrogen-bond acceptors (Lipinski definition) is 8. The van der Waals surface area contributed by atoms with Gasteiger partial charge >= 0.3 is 5.97 Å². The smallest absolute Gasteiger partial charge is 0.326 e. The topological polar surface area (TPSA) is 98.9 Å². The van der Waals surface area contributed by atoms with Gasteiger partial charge in [-0.15, -0.1) is 11.8 Å². The number of methoxy groups -OCH3 is 1. The van der Waals surface area contributed by atoms with E-state index in [4.69, 9.17) is 10.5 Å². The van der Waals surface area contributed by atoms with E-state index < -0.39 is 21.8 Å². The summed E-state index contributed by atoms with van der Waals surface area (Å²) in [5, 5.41) is 0. The van der Waals surface area contributed by atoms with Gasteiger partial charge in [0.1, 0.15) is 18.4 Å². The van der Waals surface area contributed by atoms with E-state index in [1.54, 1.807) is 6.07 Å². The number of nitrogens with two attached hydrogens (primary N) is 1. The summed E-state index contributed by atoms with van der Waals surface area (Å²) in [6.07, 6.45) is 5.48. The number of ether oxygens (including phenoxy) is 2. The highest BCUT2D eigenvalue weighted by molar-refractivity contribution is 7.98. The minimum absolute atomic E-state index is 0.0760. The van der Waals surface area contributed by atoms with Crippen LogP contribution in [0.2, 0.25) is 0 Å². The molecule has 9 heteroatoms. The number of anilines is 2. The molecule has 35 heavy (non-hydrogen) atoms. The monoisotopic (exact) mass is 520 g/mol. The molecule has 1 unspecified atom stereocenters. The van der Waals surface area contributed by atoms with Crippen molar-refractivity contribution in [2.75, 3.05) is 37.2 Å². The first-order chi connectivity index (χ1) is 16.7. The fourth-order valence-electron chi connectivity index (χ4n) is 4.54. The Hall–Kier alpha value is -2.23. The van der Waals surface area contributed by atoms with E-state index in [9.17, 15) is 13.2 Å². The number of benzene rings is 2. The molecule has 0 saturated heterocycles. The summed E-state index contributed by atoms with van der Waals surface area (Å²) in [6, 6.07) is 12.4. The third-order valence-electron chi connectivity index (χ3n) is 6.66. The van der Waals surface area contributed by atoms with Crippen LogP contribution in [0.3, 0.4) is 0 Å². The predicted octanol–water partition coefficient (Wildman–Crippen LogP) is 4.80. The summed E-state index contributed by atoms with van der Waals surface area (Å²) in [7, 11) is -2.37. The van der Waals surface area contributed by atoms with E-state index in [0.717, 1.165) is 36.3 Å². The molecule has 0 spiro atoms. The molecular formula is C26H36N2O5S2. The molecule has 0 aliphatic carbocycles. The first-order valence-electron chi connectivity index (χ1n) is 11.9. The number of esters is 1. The molecule has 192 valence electrons. The van der Waals surface area contributed by atoms with Gasteiger partial charge in [-0.05, 0) is 37.3 Å². The van der Waals surface area contributed by atoms with Crippen LogP contribution in [0.4, 0.5) is 11.4 Å². The van der Waals surface area contributed by atoms with Gasteiger partial charge < -0.3 is 20.1 Å². The molecule has 3 rings (SSSR count). The molecular weight excluding hydrogens is 484 g/mol. The van der Waals surface area contributed by atoms with Crippen molar-refractivity contribution in [3.8, 4) is 5.75 Å². The standard InChI is InChI=1S/C26H36N2O5S2/c1-5-7-13-26(6-2)17-28(19-11-9-8-10-12-19)21-14-23(34-4)22(15-24(21)35(30,31)18-26)33-16-20(27)25(29)32-3/h8-12,14-15,20H,5-7,13,16-18,27H2,1-4H3/t20-,26?/m1/s1. The largest absolute Gasteiger partial charge is 0.490 e. The number of unbranched alkanes of at least 4 members (excludes halogenated alkanes) is 1. The van der Waals surface area contributed by atoms with E-state index in [-0.39, 0.29) is 22.7 Å². The highest BCUT2D eigenvalue weighted by atomic mass is 32.2. The molecule has 2 N–H and O–H groups in total. The number of hydrogen-bond donors (Lipinski definition) is 1. The SMILES string of the molecule is CCCCC1(CC)CN(c2ccccc2)c2cc(SC)c(OC[C@@H](N)C(=O)OC)cc2S(=O)(=O)C1. The lowest BCUT2D eigenvalue weighted by atomic mass is 9.81. The van der Waals surface area contributed by atoms with Crippen LogP contribution in [0, 0.1) is 5.41 Å². The number of carbonyl (C=O) groups is 1. The van der Waals surface area contributed by atoms with Gasteiger partial charge in [0.05, 0.1) is 28.3 Å². The molecule has 0 amide bonds. The molecule has 0 aromatic heterocycles. The van der Waals surface area contributed by atoms with Crippen LogP contribution in [0.25, 0.3) is 0 Å². The molecule has 1 heterocycles. The van der Waals surface area contributed by atoms with Crippen molar-refractivity contribution in [1.82, 2.24) is 0 Å². The number of nitrogens with zero attached hydrogens (tertiary/aromatic N) is 1. The minimum atomic E-state index is -3.63. The van der Waals surface area contributed by atoms with Crippen LogP contribution in [-0.2, 0) is 19.4 Å². The summed E-state index contributed by atoms with van der Waals surface area (Å²) in [4.78, 5) is 14.9. The summed E-state index contributed by atoms with van der Waals surface area (Å²) in [5.74, 6) is -0.117. The normalized spacial score (nSPS) is 20.0. The van der Waals surface area contributed by atoms with Crippen molar-refractivity contribution in [1.29, 1.82) is 0 Å². The fraction of sp³-hybridized carbons (Fsp3) is 0.500. The van der Waals surface area contributed by atoms with Gasteiger partial charge in [0.2, 0.25) is 0 Å². The molecule has 0 bridgehead atoms. The van der Waals surface area contributed by atoms with Crippen molar-refractivity contribution >= 4 is 38.9 Å². The van der Waals surface area contributed by atoms with Gasteiger partial charge in [-0.25, -0.2) is 8.42 Å². The third-order valence-corrected chi connectivity index (χ3v) is 9.41. The Morgan fingerprint density at radius 1 is 1.23 bits per heavy atom. The fourth-order valence-corrected chi connectivity index (χ4v) is 7.27. The molecule has 0 radical (unpaired) electrons. The van der Waals surface area contributed by atoms with Crippen LogP contribution in [0.15, 0.2) is 52.3 Å². The molecule has 2 aromatic carbocycles. The molecule has 0 saturated carbocycles. The number of para-hydroxylation sites is 1. The third kappa shape index (κ3) is 6.13. The van der Waals surface area contributed by atoms with Crippen LogP contribution in [0.1, 0.15) is 39.5 Å². The molecule has 1 aliphatic rings. The minimum Gasteiger partial charge on any atom is -0.490 e. The van der Waals surface area contributed by atoms with Gasteiger partial charge in [0.15, 0.2) is 9.84 Å². The van der Waals surface area contributed by atoms with Crippen LogP contribution in [-0.4, -0.2) is 52.7 Å². The van der Waals surface area contributed by atoms with Gasteiger partial charge in [-0.1, -0.05) is 44.9 Å². The Labute approximate surface area is 213 Å². The van der Waals surface area contributed by atoms with E-state index in [0.29, 0.717) is 18.0 Å². The van der Waals surface area contributed by atoms with Crippen molar-refractivity contribution in [3.05, 3.63) is 42.5 Å². The lowest BCUT2D eigenvalue weighted by Crippen LogP contribution is -2.37. The molecule has 7 nitrogen and oxygen atoms in total. The summed E-state index contributed by atoms with van der Waals surface area (Å²) < 4.78 is 38.3. The Morgan fingerprint density at radius 3 is 2.54 bits per heavy atom. The maximum absolute atomic E-state index is 13.9. The van der Waals surface area contributed by atoms with Gasteiger partial charge in [0.25, 0.3) is 0 Å². The highest BCUT2D eigenvalue weighted by Crippen LogP contribution is 2.47. The van der Waals surface area contributed by atoms with Crippen molar-refractivity contribution in [2.45, 2.75) is 55.4 Å². The van der Waals surface area contributed by atoms with E-state index in [2.05, 4.69) is 23.5 Å². The Balaban J connectivity index is 2.16. The number of sulfone groups is 1. The first-order valence-corrected chi connectivity index (χ1v) is 14.8. The highest BCUT2D eigenvalue weighted by Gasteiger charge is 2.42. The van der Waals surface area contributed by atoms with Gasteiger partial charge in [0, 0.05) is 23.7 Å². The van der Waals surface area contributed by atoms with Crippen molar-refractivity contribution in [2.24, 2.45) is 11.1 Å². The number of fused-ring (bicyclic) bond motifs is 1. The Morgan fingerprint density at radius 2 is 1.94 bits per heavy atom. The Bertz CT molecular complexity index is 1120. The molecule has 1 aliphatic heterocycles. The van der Waals surface area contributed by atoms with Crippen LogP contribution < -0.4 is 15.4 Å². The molecule has 2 aromatic rings. The second-order valence-electron chi connectivity index (χ2n) is 9.05. The zero-order valence-electron chi connectivity index (χ0n) is 21.0. The lowest BCUT2D eigenvalue weighted by molar-refractivity contribution is -0.142. The van der Waals surface area contributed by atoms with Crippen LogP contribution in [0.5, 0.6) is 5.75 Å². The van der Waals surface area contributed by atoms with E-state index in [1.807, 2.05) is 42.7 Å². The second-order valence-corrected chi connectivity index (χ2v) is 11.9. The van der Waals surface area contributed by atoms with Crippen molar-refractivity contribution in [3.63, 3.8) is 0 Å². The van der Waals surface area contributed by atoms with Gasteiger partial charge in [-0.3, -0.25) is 4.79 Å². The quantitative estimate of drug-likeness (QED) is 0.352. The van der Waals surface area contributed by atoms with E-state index >= 15 is 0 Å². The lowest BCUT2D eigenvalue weighted by Gasteiger charge is -2.36. The maximum atomic E-state index is 13.9. The van der Waals surface area contributed by atoms with E-state index in [1.165, 1.54) is 18.9 Å². The number of carbonyl (C=O) groups excluding carboxylic acids is 1. The van der Waals surface area contributed by atoms with Crippen molar-refractivity contribution < 1.29 is 22.7 Å². The summed E-state index contributed by atoms with van der Waals surface area (Å²) in [5.41, 5.74) is 7.07. The number of thioether (sulfide) groups is 1. The zero-order chi connectivity index (χ0) is 25.6. The zero-order valence-corrected chi connectivity index (χ0v) is 22.6. The number of rotatable bonds is 10. The van der Waals surface area contributed by atoms with Crippen LogP contribution >= 0.6 is 11.8 Å². The first kappa shape index (κ1) is 27.4. The average Bonchev–Trinajstić information content (AvgIpc) is 2.97. The van der Waals surface area contributed by atoms with Gasteiger partial charge in [-0.2, -0.15) is 0 Å². The summed E-state index contributed by atoms with van der Waals surface area (Å²) >= 11 is 1.45. The average molecular weight is 521 g/mol. The predicted molar refractivity (Wildman–Crippen MR) is 141 cm³/mol. The molecule has 0 fully saturated rings.